The molecule has 0 aromatic heterocycles. The molecule has 6 aromatic rings. The van der Waals surface area contributed by atoms with Crippen LogP contribution in [0.25, 0.3) is 0 Å². The summed E-state index contributed by atoms with van der Waals surface area (Å²) < 4.78 is 20.8. The number of aldehydes is 1. The lowest BCUT2D eigenvalue weighted by molar-refractivity contribution is -0.107. The lowest BCUT2D eigenvalue weighted by atomic mass is 10.2. The fraction of sp³-hybridized carbons (Fsp3) is 0.413. The molecule has 0 spiro atoms. The van der Waals surface area contributed by atoms with Gasteiger partial charge in [-0.05, 0) is 97.6 Å². The van der Waals surface area contributed by atoms with Gasteiger partial charge in [-0.15, -0.1) is 0 Å². The van der Waals surface area contributed by atoms with E-state index < -0.39 is 25.0 Å². The fourth-order valence-corrected chi connectivity index (χ4v) is 24.5. The molecular formula is C63H86Br2O5Si3. The van der Waals surface area contributed by atoms with Crippen LogP contribution in [-0.2, 0) is 18.1 Å². The summed E-state index contributed by atoms with van der Waals surface area (Å²) in [6, 6.07) is 64.5. The third kappa shape index (κ3) is 17.2. The zero-order valence-corrected chi connectivity index (χ0v) is 51.7. The van der Waals surface area contributed by atoms with Crippen LogP contribution in [0.3, 0.4) is 0 Å². The summed E-state index contributed by atoms with van der Waals surface area (Å²) in [5, 5.41) is 17.1. The third-order valence-electron chi connectivity index (χ3n) is 13.5. The Labute approximate surface area is 461 Å². The number of carbonyl (C=O) groups excluding carboxylic acids is 1. The van der Waals surface area contributed by atoms with Gasteiger partial charge in [-0.2, -0.15) is 0 Å². The predicted octanol–water partition coefficient (Wildman–Crippen LogP) is 13.5. The molecule has 0 atom stereocenters. The Morgan fingerprint density at radius 1 is 0.397 bits per heavy atom. The number of hydrogen-bond donors (Lipinski definition) is 1. The highest BCUT2D eigenvalue weighted by molar-refractivity contribution is 9.24. The topological polar surface area (TPSA) is 65.0 Å². The summed E-state index contributed by atoms with van der Waals surface area (Å²) in [6.45, 7) is 23.2. The fourth-order valence-electron chi connectivity index (χ4n) is 10.1. The van der Waals surface area contributed by atoms with E-state index in [9.17, 15) is 4.79 Å². The van der Waals surface area contributed by atoms with Gasteiger partial charge < -0.3 is 23.2 Å². The van der Waals surface area contributed by atoms with E-state index in [1.165, 1.54) is 31.1 Å². The number of halogens is 2. The van der Waals surface area contributed by atoms with Gasteiger partial charge in [0.05, 0.1) is 3.74 Å². The van der Waals surface area contributed by atoms with Crippen molar-refractivity contribution in [3.05, 3.63) is 182 Å². The zero-order chi connectivity index (χ0) is 53.3. The smallest absolute Gasteiger partial charge is 0.261 e. The lowest BCUT2D eigenvalue weighted by Crippen LogP contribution is -2.66. The Hall–Kier alpha value is -3.56. The molecule has 10 heteroatoms. The average molecular weight is 1170 g/mol. The Morgan fingerprint density at radius 2 is 0.644 bits per heavy atom. The largest absolute Gasteiger partial charge is 0.407 e. The number of hydrogen-bond acceptors (Lipinski definition) is 5. The Kier molecular flexibility index (Phi) is 26.2. The predicted molar refractivity (Wildman–Crippen MR) is 327 cm³/mol. The Balaban J connectivity index is 0.000000237. The van der Waals surface area contributed by atoms with Crippen LogP contribution < -0.4 is 31.1 Å². The maximum atomic E-state index is 10.5. The summed E-state index contributed by atoms with van der Waals surface area (Å²) in [7, 11) is -7.12. The number of benzene rings is 6. The summed E-state index contributed by atoms with van der Waals surface area (Å²) in [5.41, 5.74) is 0. The van der Waals surface area contributed by atoms with Crippen LogP contribution in [0.2, 0.25) is 15.1 Å². The number of aliphatic hydroxyl groups excluding tert-OH is 1. The first kappa shape index (κ1) is 62.0. The first-order chi connectivity index (χ1) is 34.9. The molecule has 0 saturated carbocycles. The SMILES string of the molecule is CC(C)(C)[Si](OCCCCC(Br)Br)(c1ccccc1)c1ccccc1.CC(C)(C)[Si](OCCCCC=O)(c1ccccc1)c1ccccc1.CC(C)(C)[Si](OCCCCCO)(c1ccccc1)c1ccccc1. The van der Waals surface area contributed by atoms with Crippen molar-refractivity contribution in [2.24, 2.45) is 0 Å². The number of aliphatic hydroxyl groups is 1. The number of alkyl halides is 2. The summed E-state index contributed by atoms with van der Waals surface area (Å²) >= 11 is 7.11. The molecule has 0 aliphatic heterocycles. The number of carbonyl (C=O) groups is 1. The maximum Gasteiger partial charge on any atom is 0.261 e. The van der Waals surface area contributed by atoms with Crippen LogP contribution in [0, 0.1) is 0 Å². The summed E-state index contributed by atoms with van der Waals surface area (Å²) in [6.07, 6.45) is 9.61. The average Bonchev–Trinajstić information content (AvgIpc) is 3.38. The molecule has 0 aliphatic rings. The second-order valence-corrected chi connectivity index (χ2v) is 38.2. The third-order valence-corrected chi connectivity index (χ3v) is 29.6. The van der Waals surface area contributed by atoms with E-state index >= 15 is 0 Å². The van der Waals surface area contributed by atoms with E-state index in [2.05, 4.69) is 276 Å². The molecule has 394 valence electrons. The van der Waals surface area contributed by atoms with E-state index in [1.54, 1.807) is 0 Å². The van der Waals surface area contributed by atoms with Crippen molar-refractivity contribution in [1.29, 1.82) is 0 Å². The molecule has 0 heterocycles. The van der Waals surface area contributed by atoms with Crippen LogP contribution in [0.4, 0.5) is 0 Å². The molecule has 5 nitrogen and oxygen atoms in total. The van der Waals surface area contributed by atoms with Gasteiger partial charge in [-0.1, -0.05) is 276 Å². The molecule has 6 aromatic carbocycles. The molecule has 0 saturated heterocycles. The highest BCUT2D eigenvalue weighted by Crippen LogP contribution is 2.39. The molecule has 6 rings (SSSR count). The van der Waals surface area contributed by atoms with Crippen molar-refractivity contribution in [3.8, 4) is 0 Å². The molecule has 0 fully saturated rings. The van der Waals surface area contributed by atoms with Gasteiger partial charge in [0, 0.05) is 32.8 Å². The van der Waals surface area contributed by atoms with Gasteiger partial charge in [-0.25, -0.2) is 0 Å². The van der Waals surface area contributed by atoms with Crippen LogP contribution >= 0.6 is 31.9 Å². The molecule has 0 radical (unpaired) electrons. The van der Waals surface area contributed by atoms with Crippen molar-refractivity contribution in [1.82, 2.24) is 0 Å². The van der Waals surface area contributed by atoms with Crippen LogP contribution in [0.5, 0.6) is 0 Å². The van der Waals surface area contributed by atoms with Crippen molar-refractivity contribution < 1.29 is 23.2 Å². The minimum absolute atomic E-state index is 0.0143. The van der Waals surface area contributed by atoms with E-state index in [0.717, 1.165) is 70.9 Å². The second-order valence-electron chi connectivity index (χ2n) is 21.9. The number of unbranched alkanes of at least 4 members (excludes halogenated alkanes) is 5. The molecule has 0 amide bonds. The Bertz CT molecular complexity index is 2260. The van der Waals surface area contributed by atoms with E-state index in [1.807, 2.05) is 0 Å². The molecule has 0 aliphatic carbocycles. The van der Waals surface area contributed by atoms with Crippen molar-refractivity contribution in [2.45, 2.75) is 139 Å². The van der Waals surface area contributed by atoms with Crippen LogP contribution in [0.15, 0.2) is 182 Å². The van der Waals surface area contributed by atoms with Gasteiger partial charge in [0.25, 0.3) is 25.0 Å². The zero-order valence-electron chi connectivity index (χ0n) is 45.5. The lowest BCUT2D eigenvalue weighted by Gasteiger charge is -2.43. The quantitative estimate of drug-likeness (QED) is 0.0283. The van der Waals surface area contributed by atoms with Gasteiger partial charge in [-0.3, -0.25) is 0 Å². The van der Waals surface area contributed by atoms with Gasteiger partial charge in [0.1, 0.15) is 6.29 Å². The van der Waals surface area contributed by atoms with Crippen LogP contribution in [0.1, 0.15) is 120 Å². The highest BCUT2D eigenvalue weighted by Gasteiger charge is 2.52. The van der Waals surface area contributed by atoms with Gasteiger partial charge in [0.2, 0.25) is 0 Å². The molecule has 1 N–H and O–H groups in total. The summed E-state index contributed by atoms with van der Waals surface area (Å²) in [4.78, 5) is 10.5. The first-order valence-electron chi connectivity index (χ1n) is 26.5. The van der Waals surface area contributed by atoms with Crippen molar-refractivity contribution >= 4 is 94.2 Å². The van der Waals surface area contributed by atoms with Crippen molar-refractivity contribution in [3.63, 3.8) is 0 Å². The Morgan fingerprint density at radius 3 is 0.863 bits per heavy atom. The van der Waals surface area contributed by atoms with Gasteiger partial charge >= 0.3 is 0 Å². The minimum atomic E-state index is -2.40. The molecule has 0 unspecified atom stereocenters. The molecular weight excluding hydrogens is 1080 g/mol. The minimum Gasteiger partial charge on any atom is -0.407 e. The monoisotopic (exact) mass is 1160 g/mol. The second kappa shape index (κ2) is 30.9. The van der Waals surface area contributed by atoms with E-state index in [-0.39, 0.29) is 21.7 Å². The van der Waals surface area contributed by atoms with Crippen molar-refractivity contribution in [2.75, 3.05) is 26.4 Å². The standard InChI is InChI=1S/C21H28Br2OSi.C21H30O2Si.C21H28O2Si/c1-21(2,3)25(18-12-6-4-7-13-18,19-14-8-5-9-15-19)24-17-11-10-16-20(22)23;2*1-21(2,3)24(19-13-7-4-8-14-19,20-15-9-5-10-16-20)23-18-12-6-11-17-22/h4-9,12-15,20H,10-11,16-17H2,1-3H3;4-5,7-10,13-16,22H,6,11-12,17-18H2,1-3H3;4-5,7-10,13-17H,6,11-12,18H2,1-3H3. The maximum absolute atomic E-state index is 10.5. The number of rotatable bonds is 24. The van der Waals surface area contributed by atoms with Crippen LogP contribution in [-0.4, -0.2) is 66.5 Å². The first-order valence-corrected chi connectivity index (χ1v) is 34.1. The highest BCUT2D eigenvalue weighted by atomic mass is 79.9. The van der Waals surface area contributed by atoms with E-state index in [0.29, 0.717) is 16.8 Å². The molecule has 73 heavy (non-hydrogen) atoms. The van der Waals surface area contributed by atoms with E-state index in [4.69, 9.17) is 18.4 Å². The van der Waals surface area contributed by atoms with Gasteiger partial charge in [0.15, 0.2) is 0 Å². The molecule has 0 bridgehead atoms. The summed E-state index contributed by atoms with van der Waals surface area (Å²) in [5.74, 6) is 0. The normalized spacial score (nSPS) is 12.3.